The van der Waals surface area contributed by atoms with E-state index >= 15 is 0 Å². The lowest BCUT2D eigenvalue weighted by atomic mass is 9.72. The monoisotopic (exact) mass is 264 g/mol. The van der Waals surface area contributed by atoms with Crippen LogP contribution in [0.2, 0.25) is 0 Å². The third-order valence-corrected chi connectivity index (χ3v) is 3.44. The lowest BCUT2D eigenvalue weighted by Crippen LogP contribution is -2.38. The molecule has 2 rings (SSSR count). The third-order valence-electron chi connectivity index (χ3n) is 3.44. The number of hydrogen-bond acceptors (Lipinski definition) is 1. The Morgan fingerprint density at radius 3 is 1.80 bits per heavy atom. The summed E-state index contributed by atoms with van der Waals surface area (Å²) in [6, 6.07) is 19.4. The van der Waals surface area contributed by atoms with Gasteiger partial charge < -0.3 is 5.11 Å². The molecule has 1 heteroatoms. The van der Waals surface area contributed by atoms with Crippen molar-refractivity contribution in [1.82, 2.24) is 0 Å². The van der Waals surface area contributed by atoms with Gasteiger partial charge in [0.05, 0.1) is 0 Å². The van der Waals surface area contributed by atoms with Crippen LogP contribution in [0.25, 0.3) is 0 Å². The van der Waals surface area contributed by atoms with Crippen LogP contribution in [0.5, 0.6) is 0 Å². The van der Waals surface area contributed by atoms with Crippen LogP contribution in [0.3, 0.4) is 0 Å². The van der Waals surface area contributed by atoms with Crippen molar-refractivity contribution >= 4 is 0 Å². The van der Waals surface area contributed by atoms with Crippen molar-refractivity contribution in [2.24, 2.45) is 5.41 Å². The molecule has 0 heterocycles. The van der Waals surface area contributed by atoms with Crippen LogP contribution < -0.4 is 0 Å². The normalized spacial score (nSPS) is 14.0. The van der Waals surface area contributed by atoms with Crippen molar-refractivity contribution in [3.8, 4) is 11.8 Å². The standard InChI is InChI=1S/C19H20O/c1-18(2,3)19(20,17-12-8-5-9-13-17)15-14-16-10-6-4-7-11-16/h4-13,20H,1-3H3/t19-/m1/s1. The van der Waals surface area contributed by atoms with E-state index in [1.54, 1.807) is 0 Å². The SMILES string of the molecule is CC(C)(C)[C@@](O)(C#Cc1ccccc1)c1ccccc1. The lowest BCUT2D eigenvalue weighted by Gasteiger charge is -2.36. The Morgan fingerprint density at radius 2 is 1.30 bits per heavy atom. The quantitative estimate of drug-likeness (QED) is 0.773. The number of hydrogen-bond donors (Lipinski definition) is 1. The molecule has 0 amide bonds. The van der Waals surface area contributed by atoms with Crippen LogP contribution >= 0.6 is 0 Å². The fourth-order valence-electron chi connectivity index (χ4n) is 2.06. The number of aliphatic hydroxyl groups is 1. The smallest absolute Gasteiger partial charge is 0.156 e. The molecule has 0 aliphatic rings. The highest BCUT2D eigenvalue weighted by Gasteiger charge is 2.40. The van der Waals surface area contributed by atoms with Crippen LogP contribution in [0.1, 0.15) is 31.9 Å². The van der Waals surface area contributed by atoms with E-state index in [1.807, 2.05) is 81.4 Å². The van der Waals surface area contributed by atoms with E-state index in [2.05, 4.69) is 11.8 Å². The maximum Gasteiger partial charge on any atom is 0.156 e. The average molecular weight is 264 g/mol. The Kier molecular flexibility index (Phi) is 3.97. The fourth-order valence-corrected chi connectivity index (χ4v) is 2.06. The lowest BCUT2D eigenvalue weighted by molar-refractivity contribution is -0.00900. The van der Waals surface area contributed by atoms with Crippen molar-refractivity contribution in [3.63, 3.8) is 0 Å². The van der Waals surface area contributed by atoms with Gasteiger partial charge in [0.2, 0.25) is 0 Å². The van der Waals surface area contributed by atoms with E-state index < -0.39 is 5.60 Å². The van der Waals surface area contributed by atoms with Gasteiger partial charge in [-0.05, 0) is 17.7 Å². The van der Waals surface area contributed by atoms with E-state index in [9.17, 15) is 5.11 Å². The summed E-state index contributed by atoms with van der Waals surface area (Å²) < 4.78 is 0. The summed E-state index contributed by atoms with van der Waals surface area (Å²) in [5.74, 6) is 6.16. The molecule has 0 saturated heterocycles. The van der Waals surface area contributed by atoms with Crippen LogP contribution in [0.15, 0.2) is 60.7 Å². The zero-order chi connectivity index (χ0) is 14.6. The molecule has 0 bridgehead atoms. The first-order valence-electron chi connectivity index (χ1n) is 6.79. The Morgan fingerprint density at radius 1 is 0.800 bits per heavy atom. The molecule has 0 spiro atoms. The van der Waals surface area contributed by atoms with Crippen LogP contribution in [-0.2, 0) is 5.60 Å². The molecule has 0 aromatic heterocycles. The Balaban J connectivity index is 2.48. The predicted molar refractivity (Wildman–Crippen MR) is 83.1 cm³/mol. The van der Waals surface area contributed by atoms with Gasteiger partial charge in [-0.15, -0.1) is 0 Å². The molecule has 1 nitrogen and oxygen atoms in total. The van der Waals surface area contributed by atoms with Gasteiger partial charge in [-0.1, -0.05) is 81.1 Å². The van der Waals surface area contributed by atoms with Gasteiger partial charge in [-0.3, -0.25) is 0 Å². The average Bonchev–Trinajstić information content (AvgIpc) is 2.45. The Bertz CT molecular complexity index is 612. The zero-order valence-electron chi connectivity index (χ0n) is 12.2. The maximum atomic E-state index is 11.1. The summed E-state index contributed by atoms with van der Waals surface area (Å²) >= 11 is 0. The maximum absolute atomic E-state index is 11.1. The van der Waals surface area contributed by atoms with Gasteiger partial charge in [-0.25, -0.2) is 0 Å². The van der Waals surface area contributed by atoms with E-state index in [4.69, 9.17) is 0 Å². The Labute approximate surface area is 121 Å². The largest absolute Gasteiger partial charge is 0.373 e. The molecule has 0 aliphatic heterocycles. The molecule has 102 valence electrons. The van der Waals surface area contributed by atoms with Crippen LogP contribution in [0.4, 0.5) is 0 Å². The molecular weight excluding hydrogens is 244 g/mol. The van der Waals surface area contributed by atoms with Crippen molar-refractivity contribution < 1.29 is 5.11 Å². The van der Waals surface area contributed by atoms with Crippen LogP contribution in [-0.4, -0.2) is 5.11 Å². The highest BCUT2D eigenvalue weighted by atomic mass is 16.3. The summed E-state index contributed by atoms with van der Waals surface area (Å²) in [5.41, 5.74) is 0.183. The van der Waals surface area contributed by atoms with Crippen molar-refractivity contribution in [1.29, 1.82) is 0 Å². The van der Waals surface area contributed by atoms with Gasteiger partial charge >= 0.3 is 0 Å². The molecule has 1 atom stereocenters. The second-order valence-electron chi connectivity index (χ2n) is 5.94. The minimum absolute atomic E-state index is 0.379. The van der Waals surface area contributed by atoms with Crippen molar-refractivity contribution in [3.05, 3.63) is 71.8 Å². The molecule has 0 fully saturated rings. The molecule has 0 saturated carbocycles. The first-order chi connectivity index (χ1) is 9.43. The van der Waals surface area contributed by atoms with Gasteiger partial charge in [0.25, 0.3) is 0 Å². The molecule has 0 radical (unpaired) electrons. The van der Waals surface area contributed by atoms with Crippen molar-refractivity contribution in [2.45, 2.75) is 26.4 Å². The Hall–Kier alpha value is -2.04. The summed E-state index contributed by atoms with van der Waals surface area (Å²) in [4.78, 5) is 0. The fraction of sp³-hybridized carbons (Fsp3) is 0.263. The van der Waals surface area contributed by atoms with E-state index in [0.717, 1.165) is 11.1 Å². The first-order valence-corrected chi connectivity index (χ1v) is 6.79. The molecule has 0 unspecified atom stereocenters. The highest BCUT2D eigenvalue weighted by molar-refractivity contribution is 5.41. The summed E-state index contributed by atoms with van der Waals surface area (Å²) in [5, 5.41) is 11.1. The second kappa shape index (κ2) is 5.53. The van der Waals surface area contributed by atoms with E-state index in [-0.39, 0.29) is 5.41 Å². The third kappa shape index (κ3) is 2.92. The van der Waals surface area contributed by atoms with Crippen molar-refractivity contribution in [2.75, 3.05) is 0 Å². The van der Waals surface area contributed by atoms with Crippen LogP contribution in [0, 0.1) is 17.3 Å². The summed E-state index contributed by atoms with van der Waals surface area (Å²) in [6.07, 6.45) is 0. The van der Waals surface area contributed by atoms with Gasteiger partial charge in [-0.2, -0.15) is 0 Å². The number of rotatable bonds is 1. The minimum Gasteiger partial charge on any atom is -0.373 e. The molecule has 20 heavy (non-hydrogen) atoms. The van der Waals surface area contributed by atoms with E-state index in [1.165, 1.54) is 0 Å². The summed E-state index contributed by atoms with van der Waals surface area (Å²) in [7, 11) is 0. The van der Waals surface area contributed by atoms with E-state index in [0.29, 0.717) is 0 Å². The number of benzene rings is 2. The first kappa shape index (κ1) is 14.4. The summed E-state index contributed by atoms with van der Waals surface area (Å²) in [6.45, 7) is 6.00. The highest BCUT2D eigenvalue weighted by Crippen LogP contribution is 2.38. The topological polar surface area (TPSA) is 20.2 Å². The molecule has 1 N–H and O–H groups in total. The second-order valence-corrected chi connectivity index (χ2v) is 5.94. The zero-order valence-corrected chi connectivity index (χ0v) is 12.2. The molecular formula is C19H20O. The molecule has 0 aliphatic carbocycles. The molecule has 2 aromatic carbocycles. The van der Waals surface area contributed by atoms with Gasteiger partial charge in [0, 0.05) is 11.0 Å². The predicted octanol–water partition coefficient (Wildman–Crippen LogP) is 3.97. The van der Waals surface area contributed by atoms with Gasteiger partial charge in [0.15, 0.2) is 5.60 Å². The minimum atomic E-state index is -1.18. The molecule has 2 aromatic rings. The van der Waals surface area contributed by atoms with Gasteiger partial charge in [0.1, 0.15) is 0 Å².